The van der Waals surface area contributed by atoms with E-state index < -0.39 is 27.3 Å². The molecular weight excluding hydrogens is 411 g/mol. The SMILES string of the molecule is CC1(C)CS(=O)(=O)N(c2ccc(C(=O)Nc3c(Cl)cccc3Cl)cc2)C1=O. The number of amides is 2. The third-order valence-electron chi connectivity index (χ3n) is 4.15. The van der Waals surface area contributed by atoms with Crippen LogP contribution in [0.4, 0.5) is 11.4 Å². The number of halogens is 2. The number of benzene rings is 2. The van der Waals surface area contributed by atoms with Crippen LogP contribution in [0.2, 0.25) is 10.0 Å². The first-order valence-electron chi connectivity index (χ1n) is 7.96. The van der Waals surface area contributed by atoms with E-state index in [0.717, 1.165) is 4.31 Å². The van der Waals surface area contributed by atoms with E-state index in [4.69, 9.17) is 23.2 Å². The summed E-state index contributed by atoms with van der Waals surface area (Å²) in [6.45, 7) is 3.17. The quantitative estimate of drug-likeness (QED) is 0.804. The molecule has 142 valence electrons. The van der Waals surface area contributed by atoms with Gasteiger partial charge in [0.15, 0.2) is 0 Å². The van der Waals surface area contributed by atoms with Crippen molar-refractivity contribution in [2.24, 2.45) is 5.41 Å². The van der Waals surface area contributed by atoms with Gasteiger partial charge in [0.05, 0.1) is 32.6 Å². The lowest BCUT2D eigenvalue weighted by Crippen LogP contribution is -2.32. The molecule has 9 heteroatoms. The normalized spacial score (nSPS) is 17.8. The molecule has 1 fully saturated rings. The van der Waals surface area contributed by atoms with E-state index in [1.807, 2.05) is 0 Å². The zero-order valence-electron chi connectivity index (χ0n) is 14.5. The van der Waals surface area contributed by atoms with Crippen molar-refractivity contribution >= 4 is 56.4 Å². The summed E-state index contributed by atoms with van der Waals surface area (Å²) in [6, 6.07) is 10.5. The van der Waals surface area contributed by atoms with Gasteiger partial charge in [0.25, 0.3) is 5.91 Å². The minimum absolute atomic E-state index is 0.193. The van der Waals surface area contributed by atoms with Crippen molar-refractivity contribution in [2.45, 2.75) is 13.8 Å². The number of para-hydroxylation sites is 1. The van der Waals surface area contributed by atoms with Crippen molar-refractivity contribution in [1.29, 1.82) is 0 Å². The predicted octanol–water partition coefficient (Wildman–Crippen LogP) is 3.95. The van der Waals surface area contributed by atoms with Crippen molar-refractivity contribution in [1.82, 2.24) is 0 Å². The molecule has 0 aromatic heterocycles. The van der Waals surface area contributed by atoms with Crippen molar-refractivity contribution < 1.29 is 18.0 Å². The fourth-order valence-corrected chi connectivity index (χ4v) is 5.41. The Morgan fingerprint density at radius 3 is 2.11 bits per heavy atom. The summed E-state index contributed by atoms with van der Waals surface area (Å²) < 4.78 is 25.4. The van der Waals surface area contributed by atoms with Gasteiger partial charge < -0.3 is 5.32 Å². The molecule has 1 heterocycles. The van der Waals surface area contributed by atoms with Crippen LogP contribution in [0.15, 0.2) is 42.5 Å². The Hall–Kier alpha value is -2.09. The number of sulfonamides is 1. The van der Waals surface area contributed by atoms with Gasteiger partial charge in [-0.15, -0.1) is 0 Å². The number of nitrogens with zero attached hydrogens (tertiary/aromatic N) is 1. The maximum Gasteiger partial charge on any atom is 0.255 e. The average Bonchev–Trinajstić information content (AvgIpc) is 2.74. The van der Waals surface area contributed by atoms with Crippen LogP contribution in [0, 0.1) is 5.41 Å². The van der Waals surface area contributed by atoms with E-state index in [0.29, 0.717) is 10.0 Å². The monoisotopic (exact) mass is 426 g/mol. The average molecular weight is 427 g/mol. The molecular formula is C18H16Cl2N2O4S. The molecule has 0 radical (unpaired) electrons. The maximum absolute atomic E-state index is 12.4. The van der Waals surface area contributed by atoms with Crippen molar-refractivity contribution in [3.8, 4) is 0 Å². The molecule has 0 aliphatic carbocycles. The molecule has 2 aromatic carbocycles. The van der Waals surface area contributed by atoms with Crippen LogP contribution < -0.4 is 9.62 Å². The Kier molecular flexibility index (Phi) is 4.96. The third kappa shape index (κ3) is 3.67. The zero-order chi connectivity index (χ0) is 20.0. The van der Waals surface area contributed by atoms with Crippen LogP contribution >= 0.6 is 23.2 Å². The maximum atomic E-state index is 12.4. The highest BCUT2D eigenvalue weighted by Crippen LogP contribution is 2.36. The second-order valence-electron chi connectivity index (χ2n) is 6.81. The Balaban J connectivity index is 1.86. The van der Waals surface area contributed by atoms with E-state index >= 15 is 0 Å². The van der Waals surface area contributed by atoms with Crippen LogP contribution in [0.25, 0.3) is 0 Å². The Bertz CT molecular complexity index is 1010. The molecule has 0 atom stereocenters. The summed E-state index contributed by atoms with van der Waals surface area (Å²) in [4.78, 5) is 24.8. The van der Waals surface area contributed by atoms with E-state index in [-0.39, 0.29) is 22.7 Å². The predicted molar refractivity (Wildman–Crippen MR) is 106 cm³/mol. The van der Waals surface area contributed by atoms with Gasteiger partial charge in [0.2, 0.25) is 15.9 Å². The van der Waals surface area contributed by atoms with Crippen molar-refractivity contribution in [3.05, 3.63) is 58.1 Å². The molecule has 1 saturated heterocycles. The number of carbonyl (C=O) groups is 2. The van der Waals surface area contributed by atoms with E-state index in [9.17, 15) is 18.0 Å². The number of rotatable bonds is 3. The van der Waals surface area contributed by atoms with E-state index in [1.165, 1.54) is 24.3 Å². The fraction of sp³-hybridized carbons (Fsp3) is 0.222. The summed E-state index contributed by atoms with van der Waals surface area (Å²) in [5, 5.41) is 3.21. The summed E-state index contributed by atoms with van der Waals surface area (Å²) in [5.41, 5.74) is -0.250. The standard InChI is InChI=1S/C18H16Cl2N2O4S/c1-18(2)10-27(25,26)22(17(18)24)12-8-6-11(7-9-12)16(23)21-15-13(19)4-3-5-14(15)20/h3-9H,10H2,1-2H3,(H,21,23). The Labute approximate surface area is 167 Å². The highest BCUT2D eigenvalue weighted by Gasteiger charge is 2.49. The smallest absolute Gasteiger partial charge is 0.255 e. The lowest BCUT2D eigenvalue weighted by Gasteiger charge is -2.17. The van der Waals surface area contributed by atoms with Crippen LogP contribution in [0.5, 0.6) is 0 Å². The molecule has 27 heavy (non-hydrogen) atoms. The van der Waals surface area contributed by atoms with Gasteiger partial charge in [-0.2, -0.15) is 0 Å². The second kappa shape index (κ2) is 6.82. The molecule has 3 rings (SSSR count). The van der Waals surface area contributed by atoms with Gasteiger partial charge in [-0.25, -0.2) is 12.7 Å². The van der Waals surface area contributed by atoms with Gasteiger partial charge in [0, 0.05) is 5.56 Å². The van der Waals surface area contributed by atoms with Crippen molar-refractivity contribution in [2.75, 3.05) is 15.4 Å². The number of anilines is 2. The van der Waals surface area contributed by atoms with Crippen LogP contribution in [0.1, 0.15) is 24.2 Å². The van der Waals surface area contributed by atoms with E-state index in [1.54, 1.807) is 32.0 Å². The van der Waals surface area contributed by atoms with Gasteiger partial charge in [-0.05, 0) is 50.2 Å². The number of hydrogen-bond donors (Lipinski definition) is 1. The third-order valence-corrected chi connectivity index (χ3v) is 6.80. The summed E-state index contributed by atoms with van der Waals surface area (Å²) in [5.74, 6) is -1.22. The largest absolute Gasteiger partial charge is 0.319 e. The first-order chi connectivity index (χ1) is 12.5. The van der Waals surface area contributed by atoms with Gasteiger partial charge in [-0.1, -0.05) is 29.3 Å². The molecule has 1 aliphatic rings. The van der Waals surface area contributed by atoms with Crippen LogP contribution in [-0.2, 0) is 14.8 Å². The van der Waals surface area contributed by atoms with Crippen LogP contribution in [0.3, 0.4) is 0 Å². The van der Waals surface area contributed by atoms with E-state index in [2.05, 4.69) is 5.32 Å². The number of hydrogen-bond acceptors (Lipinski definition) is 4. The Morgan fingerprint density at radius 2 is 1.63 bits per heavy atom. The Morgan fingerprint density at radius 1 is 1.07 bits per heavy atom. The molecule has 1 N–H and O–H groups in total. The molecule has 2 amide bonds. The zero-order valence-corrected chi connectivity index (χ0v) is 16.8. The molecule has 2 aromatic rings. The van der Waals surface area contributed by atoms with Gasteiger partial charge in [-0.3, -0.25) is 9.59 Å². The van der Waals surface area contributed by atoms with Gasteiger partial charge in [0.1, 0.15) is 0 Å². The summed E-state index contributed by atoms with van der Waals surface area (Å²) >= 11 is 12.1. The molecule has 0 spiro atoms. The highest BCUT2D eigenvalue weighted by atomic mass is 35.5. The van der Waals surface area contributed by atoms with Crippen molar-refractivity contribution in [3.63, 3.8) is 0 Å². The minimum Gasteiger partial charge on any atom is -0.319 e. The molecule has 0 bridgehead atoms. The van der Waals surface area contributed by atoms with Gasteiger partial charge >= 0.3 is 0 Å². The lowest BCUT2D eigenvalue weighted by molar-refractivity contribution is -0.123. The summed E-state index contributed by atoms with van der Waals surface area (Å²) in [7, 11) is -3.74. The first-order valence-corrected chi connectivity index (χ1v) is 10.3. The molecule has 0 saturated carbocycles. The summed E-state index contributed by atoms with van der Waals surface area (Å²) in [6.07, 6.45) is 0. The second-order valence-corrected chi connectivity index (χ2v) is 9.44. The lowest BCUT2D eigenvalue weighted by atomic mass is 9.95. The highest BCUT2D eigenvalue weighted by molar-refractivity contribution is 7.94. The fourth-order valence-electron chi connectivity index (χ4n) is 2.81. The first kappa shape index (κ1) is 19.7. The minimum atomic E-state index is -3.74. The topological polar surface area (TPSA) is 83.6 Å². The molecule has 0 unspecified atom stereocenters. The number of carbonyl (C=O) groups excluding carboxylic acids is 2. The number of nitrogens with one attached hydrogen (secondary N) is 1. The molecule has 6 nitrogen and oxygen atoms in total. The van der Waals surface area contributed by atoms with Crippen LogP contribution in [-0.4, -0.2) is 26.0 Å². The molecule has 1 aliphatic heterocycles.